The number of ether oxygens (including phenoxy) is 1. The number of amides is 1. The number of hydrogen-bond acceptors (Lipinski definition) is 4. The van der Waals surface area contributed by atoms with Gasteiger partial charge in [0.25, 0.3) is 0 Å². The number of benzene rings is 1. The lowest BCUT2D eigenvalue weighted by molar-refractivity contribution is -0.111. The molecule has 0 radical (unpaired) electrons. The molecule has 0 atom stereocenters. The van der Waals surface area contributed by atoms with E-state index in [1.165, 1.54) is 22.3 Å². The number of thiophene rings is 1. The van der Waals surface area contributed by atoms with Gasteiger partial charge in [0.05, 0.1) is 11.7 Å². The van der Waals surface area contributed by atoms with Crippen molar-refractivity contribution < 1.29 is 14.3 Å². The summed E-state index contributed by atoms with van der Waals surface area (Å²) in [6, 6.07) is 7.21. The highest BCUT2D eigenvalue weighted by molar-refractivity contribution is 7.17. The molecule has 1 aliphatic rings. The lowest BCUT2D eigenvalue weighted by Crippen LogP contribution is -2.17. The van der Waals surface area contributed by atoms with Crippen molar-refractivity contribution in [3.05, 3.63) is 56.9 Å². The van der Waals surface area contributed by atoms with Gasteiger partial charge in [-0.15, -0.1) is 11.3 Å². The minimum atomic E-state index is -0.360. The summed E-state index contributed by atoms with van der Waals surface area (Å²) in [5, 5.41) is 4.10. The molecule has 0 saturated carbocycles. The molecule has 6 heteroatoms. The smallest absolute Gasteiger partial charge is 0.341 e. The number of aryl methyl sites for hydroxylation is 1. The van der Waals surface area contributed by atoms with Gasteiger partial charge in [-0.3, -0.25) is 4.79 Å². The van der Waals surface area contributed by atoms with E-state index in [1.807, 2.05) is 26.0 Å². The summed E-state index contributed by atoms with van der Waals surface area (Å²) in [5.41, 5.74) is 2.44. The Hall–Kier alpha value is -2.11. The van der Waals surface area contributed by atoms with Crippen molar-refractivity contribution in [2.75, 3.05) is 5.32 Å². The van der Waals surface area contributed by atoms with Gasteiger partial charge < -0.3 is 10.1 Å². The lowest BCUT2D eigenvalue weighted by atomic mass is 9.95. The van der Waals surface area contributed by atoms with E-state index >= 15 is 0 Å². The van der Waals surface area contributed by atoms with Crippen molar-refractivity contribution in [3.8, 4) is 0 Å². The number of nitrogens with one attached hydrogen (secondary N) is 1. The molecule has 27 heavy (non-hydrogen) atoms. The summed E-state index contributed by atoms with van der Waals surface area (Å²) in [6.45, 7) is 3.65. The number of rotatable bonds is 5. The normalized spacial score (nSPS) is 13.6. The molecule has 1 N–H and O–H groups in total. The number of hydrogen-bond donors (Lipinski definition) is 1. The predicted molar refractivity (Wildman–Crippen MR) is 111 cm³/mol. The second-order valence-corrected chi connectivity index (χ2v) is 8.28. The van der Waals surface area contributed by atoms with E-state index in [-0.39, 0.29) is 18.0 Å². The molecular weight excluding hydrogens is 382 g/mol. The van der Waals surface area contributed by atoms with Crippen molar-refractivity contribution in [1.82, 2.24) is 0 Å². The molecule has 2 aromatic rings. The van der Waals surface area contributed by atoms with E-state index in [9.17, 15) is 9.59 Å². The maximum absolute atomic E-state index is 12.6. The van der Waals surface area contributed by atoms with Crippen molar-refractivity contribution in [3.63, 3.8) is 0 Å². The van der Waals surface area contributed by atoms with Crippen LogP contribution < -0.4 is 5.32 Å². The van der Waals surface area contributed by atoms with Crippen molar-refractivity contribution >= 4 is 45.9 Å². The summed E-state index contributed by atoms with van der Waals surface area (Å²) < 4.78 is 5.41. The van der Waals surface area contributed by atoms with E-state index in [1.54, 1.807) is 18.2 Å². The molecular formula is C21H22ClNO3S. The van der Waals surface area contributed by atoms with Crippen LogP contribution in [0.4, 0.5) is 5.00 Å². The fourth-order valence-corrected chi connectivity index (χ4v) is 4.45. The van der Waals surface area contributed by atoms with Crippen molar-refractivity contribution in [2.24, 2.45) is 0 Å². The minimum absolute atomic E-state index is 0.204. The van der Waals surface area contributed by atoms with Gasteiger partial charge >= 0.3 is 5.97 Å². The summed E-state index contributed by atoms with van der Waals surface area (Å²) in [5.74, 6) is -0.636. The first-order valence-electron chi connectivity index (χ1n) is 9.04. The Morgan fingerprint density at radius 1 is 1.19 bits per heavy atom. The van der Waals surface area contributed by atoms with E-state index in [0.29, 0.717) is 15.6 Å². The van der Waals surface area contributed by atoms with Crippen LogP contribution in [-0.2, 0) is 22.4 Å². The third-order valence-electron chi connectivity index (χ3n) is 4.25. The number of fused-ring (bicyclic) bond motifs is 1. The van der Waals surface area contributed by atoms with Gasteiger partial charge in [-0.25, -0.2) is 4.79 Å². The first-order valence-corrected chi connectivity index (χ1v) is 10.2. The second-order valence-electron chi connectivity index (χ2n) is 6.74. The highest BCUT2D eigenvalue weighted by atomic mass is 35.5. The number of carbonyl (C=O) groups excluding carboxylic acids is 2. The number of halogens is 1. The quantitative estimate of drug-likeness (QED) is 0.530. The highest BCUT2D eigenvalue weighted by Crippen LogP contribution is 2.38. The largest absolute Gasteiger partial charge is 0.459 e. The zero-order valence-electron chi connectivity index (χ0n) is 15.4. The Balaban J connectivity index is 1.80. The van der Waals surface area contributed by atoms with Crippen molar-refractivity contribution in [2.45, 2.75) is 45.6 Å². The molecule has 0 bridgehead atoms. The second kappa shape index (κ2) is 8.72. The van der Waals surface area contributed by atoms with Crippen LogP contribution in [0, 0.1) is 0 Å². The maximum atomic E-state index is 12.6. The first kappa shape index (κ1) is 19.6. The van der Waals surface area contributed by atoms with Crippen LogP contribution in [0.5, 0.6) is 0 Å². The molecule has 1 aliphatic carbocycles. The summed E-state index contributed by atoms with van der Waals surface area (Å²) in [6.07, 6.45) is 6.92. The summed E-state index contributed by atoms with van der Waals surface area (Å²) >= 11 is 7.35. The predicted octanol–water partition coefficient (Wildman–Crippen LogP) is 5.50. The molecule has 0 fully saturated rings. The molecule has 1 amide bonds. The molecule has 1 aromatic carbocycles. The molecule has 0 spiro atoms. The average molecular weight is 404 g/mol. The highest BCUT2D eigenvalue weighted by Gasteiger charge is 2.27. The lowest BCUT2D eigenvalue weighted by Gasteiger charge is -2.14. The molecule has 3 rings (SSSR count). The Labute approximate surface area is 168 Å². The molecule has 1 heterocycles. The molecule has 1 aromatic heterocycles. The molecule has 0 aliphatic heterocycles. The van der Waals surface area contributed by atoms with Gasteiger partial charge in [-0.2, -0.15) is 0 Å². The maximum Gasteiger partial charge on any atom is 0.341 e. The van der Waals surface area contributed by atoms with E-state index < -0.39 is 0 Å². The standard InChI is InChI=1S/C21H22ClNO3S/c1-13(2)26-21(25)19-16-5-3-4-6-17(16)27-20(19)23-18(24)12-9-14-7-10-15(22)11-8-14/h7-13H,3-6H2,1-2H3,(H,23,24)/b12-9+. The summed E-state index contributed by atoms with van der Waals surface area (Å²) in [7, 11) is 0. The van der Waals surface area contributed by atoms with Crippen LogP contribution >= 0.6 is 22.9 Å². The minimum Gasteiger partial charge on any atom is -0.459 e. The van der Waals surface area contributed by atoms with Gasteiger partial charge in [-0.05, 0) is 68.9 Å². The zero-order valence-corrected chi connectivity index (χ0v) is 17.0. The van der Waals surface area contributed by atoms with E-state index in [2.05, 4.69) is 5.32 Å². The molecule has 0 saturated heterocycles. The van der Waals surface area contributed by atoms with E-state index in [4.69, 9.17) is 16.3 Å². The topological polar surface area (TPSA) is 55.4 Å². The SMILES string of the molecule is CC(C)OC(=O)c1c(NC(=O)/C=C/c2ccc(Cl)cc2)sc2c1CCCC2. The van der Waals surface area contributed by atoms with Gasteiger partial charge in [0.15, 0.2) is 0 Å². The molecule has 4 nitrogen and oxygen atoms in total. The molecule has 142 valence electrons. The van der Waals surface area contributed by atoms with Gasteiger partial charge in [-0.1, -0.05) is 23.7 Å². The van der Waals surface area contributed by atoms with Gasteiger partial charge in [0.1, 0.15) is 5.00 Å². The average Bonchev–Trinajstić information content (AvgIpc) is 2.98. The van der Waals surface area contributed by atoms with Gasteiger partial charge in [0, 0.05) is 16.0 Å². The number of esters is 1. The Morgan fingerprint density at radius 3 is 2.59 bits per heavy atom. The third kappa shape index (κ3) is 4.99. The van der Waals surface area contributed by atoms with Crippen LogP contribution in [-0.4, -0.2) is 18.0 Å². The third-order valence-corrected chi connectivity index (χ3v) is 5.71. The van der Waals surface area contributed by atoms with Crippen LogP contribution in [0.2, 0.25) is 5.02 Å². The first-order chi connectivity index (χ1) is 12.9. The Bertz CT molecular complexity index is 868. The van der Waals surface area contributed by atoms with Gasteiger partial charge in [0.2, 0.25) is 5.91 Å². The van der Waals surface area contributed by atoms with Crippen LogP contribution in [0.25, 0.3) is 6.08 Å². The molecule has 0 unspecified atom stereocenters. The van der Waals surface area contributed by atoms with Crippen molar-refractivity contribution in [1.29, 1.82) is 0 Å². The van der Waals surface area contributed by atoms with Crippen LogP contribution in [0.15, 0.2) is 30.3 Å². The zero-order chi connectivity index (χ0) is 19.4. The summed E-state index contributed by atoms with van der Waals surface area (Å²) in [4.78, 5) is 26.2. The number of anilines is 1. The van der Waals surface area contributed by atoms with Crippen LogP contribution in [0.3, 0.4) is 0 Å². The Morgan fingerprint density at radius 2 is 1.89 bits per heavy atom. The monoisotopic (exact) mass is 403 g/mol. The van der Waals surface area contributed by atoms with E-state index in [0.717, 1.165) is 36.8 Å². The fraction of sp³-hybridized carbons (Fsp3) is 0.333. The Kier molecular flexibility index (Phi) is 6.34. The fourth-order valence-electron chi connectivity index (χ4n) is 3.04. The number of carbonyl (C=O) groups is 2. The van der Waals surface area contributed by atoms with Crippen LogP contribution in [0.1, 0.15) is 53.1 Å².